The molecule has 3 nitrogen and oxygen atoms in total. The van der Waals surface area contributed by atoms with Gasteiger partial charge in [0.2, 0.25) is 4.80 Å². The lowest BCUT2D eigenvalue weighted by Crippen LogP contribution is -2.13. The first kappa shape index (κ1) is 17.1. The quantitative estimate of drug-likeness (QED) is 0.344. The topological polar surface area (TPSA) is 29.6 Å². The second-order valence-electron chi connectivity index (χ2n) is 5.84. The molecule has 3 aromatic carbocycles. The van der Waals surface area contributed by atoms with E-state index in [2.05, 4.69) is 32.3 Å². The molecular formula is C22H16FN3S. The van der Waals surface area contributed by atoms with Gasteiger partial charge in [-0.05, 0) is 35.4 Å². The molecule has 1 heterocycles. The van der Waals surface area contributed by atoms with E-state index in [0.717, 1.165) is 27.3 Å². The van der Waals surface area contributed by atoms with Crippen molar-refractivity contribution in [2.24, 2.45) is 10.2 Å². The van der Waals surface area contributed by atoms with E-state index in [0.29, 0.717) is 0 Å². The van der Waals surface area contributed by atoms with Gasteiger partial charge in [0.05, 0.1) is 11.9 Å². The van der Waals surface area contributed by atoms with Crippen LogP contribution in [0.25, 0.3) is 16.9 Å². The fourth-order valence-electron chi connectivity index (χ4n) is 2.71. The first-order valence-corrected chi connectivity index (χ1v) is 9.33. The number of para-hydroxylation sites is 1. The molecule has 27 heavy (non-hydrogen) atoms. The molecule has 132 valence electrons. The van der Waals surface area contributed by atoms with E-state index in [9.17, 15) is 4.39 Å². The Morgan fingerprint density at radius 3 is 2.19 bits per heavy atom. The van der Waals surface area contributed by atoms with Crippen LogP contribution in [0.4, 0.5) is 4.39 Å². The van der Waals surface area contributed by atoms with Gasteiger partial charge < -0.3 is 0 Å². The Kier molecular flexibility index (Phi) is 5.03. The van der Waals surface area contributed by atoms with Crippen molar-refractivity contribution >= 4 is 17.6 Å². The molecule has 0 saturated carbocycles. The molecule has 0 aliphatic rings. The van der Waals surface area contributed by atoms with Crippen molar-refractivity contribution in [2.45, 2.75) is 0 Å². The third kappa shape index (κ3) is 3.93. The second-order valence-corrected chi connectivity index (χ2v) is 6.67. The highest BCUT2D eigenvalue weighted by Crippen LogP contribution is 2.23. The summed E-state index contributed by atoms with van der Waals surface area (Å²) in [6, 6.07) is 26.4. The van der Waals surface area contributed by atoms with Crippen molar-refractivity contribution in [3.8, 4) is 16.9 Å². The summed E-state index contributed by atoms with van der Waals surface area (Å²) in [5.74, 6) is -0.267. The number of aromatic nitrogens is 1. The van der Waals surface area contributed by atoms with E-state index < -0.39 is 0 Å². The zero-order valence-electron chi connectivity index (χ0n) is 14.4. The van der Waals surface area contributed by atoms with E-state index in [1.165, 1.54) is 23.5 Å². The number of hydrogen-bond acceptors (Lipinski definition) is 3. The second kappa shape index (κ2) is 7.93. The van der Waals surface area contributed by atoms with Gasteiger partial charge in [-0.2, -0.15) is 5.10 Å². The Morgan fingerprint density at radius 2 is 1.48 bits per heavy atom. The van der Waals surface area contributed by atoms with Gasteiger partial charge >= 0.3 is 0 Å². The molecule has 0 radical (unpaired) electrons. The number of halogens is 1. The van der Waals surface area contributed by atoms with Gasteiger partial charge in [-0.1, -0.05) is 60.7 Å². The zero-order chi connectivity index (χ0) is 18.5. The molecule has 0 atom stereocenters. The van der Waals surface area contributed by atoms with Crippen molar-refractivity contribution in [3.05, 3.63) is 106 Å². The normalized spacial score (nSPS) is 12.0. The molecule has 0 spiro atoms. The highest BCUT2D eigenvalue weighted by molar-refractivity contribution is 7.07. The van der Waals surface area contributed by atoms with Crippen LogP contribution in [0.15, 0.2) is 101 Å². The summed E-state index contributed by atoms with van der Waals surface area (Å²) in [5, 5.41) is 10.7. The maximum absolute atomic E-state index is 13.0. The standard InChI is InChI=1S/C22H16FN3S/c23-19-13-11-17(12-14-19)15-24-25-22-26(20-9-5-2-6-10-20)21(16-27-22)18-7-3-1-4-8-18/h1-16H/b24-15-,25-22+. The lowest BCUT2D eigenvalue weighted by Gasteiger charge is -2.08. The van der Waals surface area contributed by atoms with Gasteiger partial charge in [-0.15, -0.1) is 16.4 Å². The Labute approximate surface area is 160 Å². The maximum Gasteiger partial charge on any atom is 0.215 e. The van der Waals surface area contributed by atoms with Crippen LogP contribution < -0.4 is 4.80 Å². The minimum atomic E-state index is -0.267. The van der Waals surface area contributed by atoms with Crippen molar-refractivity contribution < 1.29 is 4.39 Å². The monoisotopic (exact) mass is 373 g/mol. The minimum Gasteiger partial charge on any atom is -0.284 e. The van der Waals surface area contributed by atoms with Gasteiger partial charge in [-0.25, -0.2) is 4.39 Å². The SMILES string of the molecule is Fc1ccc(/C=N\N=c2\scc(-c3ccccc3)n2-c2ccccc2)cc1. The largest absolute Gasteiger partial charge is 0.284 e. The first-order valence-electron chi connectivity index (χ1n) is 8.45. The molecule has 4 aromatic rings. The summed E-state index contributed by atoms with van der Waals surface area (Å²) in [6.45, 7) is 0. The lowest BCUT2D eigenvalue weighted by molar-refractivity contribution is 0.628. The Hall–Kier alpha value is -3.31. The summed E-state index contributed by atoms with van der Waals surface area (Å²) in [5.41, 5.74) is 3.99. The van der Waals surface area contributed by atoms with Crippen LogP contribution in [0.2, 0.25) is 0 Å². The molecule has 0 saturated heterocycles. The maximum atomic E-state index is 13.0. The number of rotatable bonds is 4. The number of nitrogens with zero attached hydrogens (tertiary/aromatic N) is 3. The highest BCUT2D eigenvalue weighted by Gasteiger charge is 2.09. The molecule has 0 amide bonds. The van der Waals surface area contributed by atoms with Crippen molar-refractivity contribution in [3.63, 3.8) is 0 Å². The van der Waals surface area contributed by atoms with Crippen LogP contribution in [-0.4, -0.2) is 10.8 Å². The summed E-state index contributed by atoms with van der Waals surface area (Å²) >= 11 is 1.53. The van der Waals surface area contributed by atoms with Crippen LogP contribution in [-0.2, 0) is 0 Å². The molecule has 0 unspecified atom stereocenters. The van der Waals surface area contributed by atoms with E-state index in [-0.39, 0.29) is 5.82 Å². The molecule has 0 bridgehead atoms. The molecule has 4 rings (SSSR count). The smallest absolute Gasteiger partial charge is 0.215 e. The molecule has 0 aliphatic carbocycles. The number of hydrogen-bond donors (Lipinski definition) is 0. The fraction of sp³-hybridized carbons (Fsp3) is 0. The van der Waals surface area contributed by atoms with Gasteiger partial charge in [0, 0.05) is 11.1 Å². The average Bonchev–Trinajstić information content (AvgIpc) is 3.15. The van der Waals surface area contributed by atoms with E-state index >= 15 is 0 Å². The number of benzene rings is 3. The van der Waals surface area contributed by atoms with Crippen LogP contribution in [0.1, 0.15) is 5.56 Å². The summed E-state index contributed by atoms with van der Waals surface area (Å²) in [4.78, 5) is 0.762. The van der Waals surface area contributed by atoms with Crippen molar-refractivity contribution in [1.29, 1.82) is 0 Å². The minimum absolute atomic E-state index is 0.267. The molecule has 1 aromatic heterocycles. The molecule has 0 fully saturated rings. The third-order valence-electron chi connectivity index (χ3n) is 4.01. The Morgan fingerprint density at radius 1 is 0.815 bits per heavy atom. The Bertz CT molecular complexity index is 1110. The number of thiazole rings is 1. The third-order valence-corrected chi connectivity index (χ3v) is 4.83. The highest BCUT2D eigenvalue weighted by atomic mass is 32.1. The Balaban J connectivity index is 1.79. The zero-order valence-corrected chi connectivity index (χ0v) is 15.2. The summed E-state index contributed by atoms with van der Waals surface area (Å²) in [7, 11) is 0. The van der Waals surface area contributed by atoms with E-state index in [1.807, 2.05) is 48.5 Å². The van der Waals surface area contributed by atoms with Crippen molar-refractivity contribution in [2.75, 3.05) is 0 Å². The summed E-state index contributed by atoms with van der Waals surface area (Å²) < 4.78 is 15.1. The molecule has 0 aliphatic heterocycles. The van der Waals surface area contributed by atoms with E-state index in [1.54, 1.807) is 18.3 Å². The van der Waals surface area contributed by atoms with Crippen molar-refractivity contribution in [1.82, 2.24) is 4.57 Å². The van der Waals surface area contributed by atoms with Crippen LogP contribution in [0.3, 0.4) is 0 Å². The average molecular weight is 373 g/mol. The first-order chi connectivity index (χ1) is 13.3. The predicted octanol–water partition coefficient (Wildman–Crippen LogP) is 5.28. The summed E-state index contributed by atoms with van der Waals surface area (Å²) in [6.07, 6.45) is 1.62. The fourth-order valence-corrected chi connectivity index (χ4v) is 3.57. The predicted molar refractivity (Wildman–Crippen MR) is 109 cm³/mol. The van der Waals surface area contributed by atoms with Crippen LogP contribution in [0, 0.1) is 5.82 Å². The molecule has 5 heteroatoms. The van der Waals surface area contributed by atoms with Gasteiger partial charge in [-0.3, -0.25) is 4.57 Å². The van der Waals surface area contributed by atoms with E-state index in [4.69, 9.17) is 0 Å². The molecule has 0 N–H and O–H groups in total. The van der Waals surface area contributed by atoms with Gasteiger partial charge in [0.25, 0.3) is 0 Å². The molecular weight excluding hydrogens is 357 g/mol. The van der Waals surface area contributed by atoms with Gasteiger partial charge in [0.15, 0.2) is 0 Å². The van der Waals surface area contributed by atoms with Gasteiger partial charge in [0.1, 0.15) is 5.82 Å². The van der Waals surface area contributed by atoms with Crippen LogP contribution >= 0.6 is 11.3 Å². The van der Waals surface area contributed by atoms with Crippen LogP contribution in [0.5, 0.6) is 0 Å². The lowest BCUT2D eigenvalue weighted by atomic mass is 10.1.